The Morgan fingerprint density at radius 3 is 2.57 bits per heavy atom. The minimum Gasteiger partial charge on any atom is -0.307 e. The third-order valence-corrected chi connectivity index (χ3v) is 3.75. The monoisotopic (exact) mass is 310 g/mol. The molecule has 0 radical (unpaired) electrons. The van der Waals surface area contributed by atoms with Gasteiger partial charge in [0.05, 0.1) is 6.54 Å². The highest BCUT2D eigenvalue weighted by Gasteiger charge is 2.22. The minimum absolute atomic E-state index is 0.349. The normalized spacial score (nSPS) is 10.8. The molecule has 0 amide bonds. The highest BCUT2D eigenvalue weighted by molar-refractivity contribution is 5.26. The summed E-state index contributed by atoms with van der Waals surface area (Å²) in [5.41, 5.74) is 3.52. The maximum atomic E-state index is 11.9. The first-order chi connectivity index (χ1) is 11.2. The largest absolute Gasteiger partial charge is 0.431 e. The molecule has 0 saturated heterocycles. The van der Waals surface area contributed by atoms with Gasteiger partial charge in [-0.2, -0.15) is 0 Å². The second kappa shape index (κ2) is 7.07. The lowest BCUT2D eigenvalue weighted by Crippen LogP contribution is -2.41. The molecule has 0 bridgehead atoms. The lowest BCUT2D eigenvalue weighted by molar-refractivity contribution is -0.677. The van der Waals surface area contributed by atoms with Crippen molar-refractivity contribution in [2.24, 2.45) is 0 Å². The summed E-state index contributed by atoms with van der Waals surface area (Å²) >= 11 is 0. The summed E-state index contributed by atoms with van der Waals surface area (Å²) in [4.78, 5) is 11.9. The van der Waals surface area contributed by atoms with E-state index in [-0.39, 0.29) is 5.63 Å². The van der Waals surface area contributed by atoms with E-state index < -0.39 is 0 Å². The van der Waals surface area contributed by atoms with Crippen LogP contribution in [0.25, 0.3) is 5.69 Å². The maximum absolute atomic E-state index is 11.9. The summed E-state index contributed by atoms with van der Waals surface area (Å²) in [7, 11) is 0. The van der Waals surface area contributed by atoms with Crippen molar-refractivity contribution < 1.29 is 9.20 Å². The van der Waals surface area contributed by atoms with Gasteiger partial charge in [-0.25, -0.2) is 4.79 Å². The van der Waals surface area contributed by atoms with E-state index in [9.17, 15) is 4.79 Å². The summed E-state index contributed by atoms with van der Waals surface area (Å²) in [6, 6.07) is 18.2. The molecule has 0 aliphatic heterocycles. The summed E-state index contributed by atoms with van der Waals surface area (Å²) in [5.74, 6) is 0. The quantitative estimate of drug-likeness (QED) is 0.540. The molecule has 1 aromatic heterocycles. The molecule has 0 atom stereocenters. The first-order valence-corrected chi connectivity index (χ1v) is 7.68. The van der Waals surface area contributed by atoms with Crippen LogP contribution in [0.1, 0.15) is 16.8 Å². The molecule has 0 saturated carbocycles. The maximum Gasteiger partial charge on any atom is 0.431 e. The highest BCUT2D eigenvalue weighted by atomic mass is 16.5. The van der Waals surface area contributed by atoms with Gasteiger partial charge in [0.1, 0.15) is 0 Å². The molecule has 0 fully saturated rings. The van der Waals surface area contributed by atoms with Gasteiger partial charge in [0.2, 0.25) is 5.69 Å². The number of H-pyrrole nitrogens is 1. The molecule has 5 heteroatoms. The Bertz CT molecular complexity index is 804. The van der Waals surface area contributed by atoms with Gasteiger partial charge in [0, 0.05) is 12.1 Å². The van der Waals surface area contributed by atoms with Gasteiger partial charge < -0.3 is 5.32 Å². The van der Waals surface area contributed by atoms with E-state index in [0.29, 0.717) is 12.2 Å². The van der Waals surface area contributed by atoms with Gasteiger partial charge in [-0.05, 0) is 35.4 Å². The Balaban J connectivity index is 1.65. The van der Waals surface area contributed by atoms with Crippen LogP contribution in [-0.2, 0) is 13.0 Å². The molecular formula is C18H20N3O2+. The van der Waals surface area contributed by atoms with Crippen LogP contribution in [0.5, 0.6) is 0 Å². The van der Waals surface area contributed by atoms with Crippen molar-refractivity contribution in [2.75, 3.05) is 6.54 Å². The fourth-order valence-corrected chi connectivity index (χ4v) is 2.43. The Kier molecular flexibility index (Phi) is 4.68. The van der Waals surface area contributed by atoms with Crippen molar-refractivity contribution in [3.05, 3.63) is 81.8 Å². The first kappa shape index (κ1) is 15.2. The Labute approximate surface area is 134 Å². The SMILES string of the molecule is Cc1ccc(-[n+]2[nH]oc(=O)c2CNCCc2ccccc2)cc1. The molecule has 3 rings (SSSR count). The van der Waals surface area contributed by atoms with Gasteiger partial charge in [-0.1, -0.05) is 48.0 Å². The van der Waals surface area contributed by atoms with Gasteiger partial charge in [-0.15, -0.1) is 0 Å². The lowest BCUT2D eigenvalue weighted by atomic mass is 10.1. The standard InChI is InChI=1S/C18H19N3O2/c1-14-7-9-16(10-8-14)21-17(18(22)23-20-21)13-19-12-11-15-5-3-2-4-6-15/h2-10,19H,11-13H2,1H3/p+1. The number of nitrogens with zero attached hydrogens (tertiary/aromatic N) is 1. The molecule has 0 spiro atoms. The van der Waals surface area contributed by atoms with Crippen molar-refractivity contribution in [1.29, 1.82) is 0 Å². The third-order valence-electron chi connectivity index (χ3n) is 3.75. The Morgan fingerprint density at radius 1 is 1.09 bits per heavy atom. The van der Waals surface area contributed by atoms with Gasteiger partial charge in [-0.3, -0.25) is 4.52 Å². The van der Waals surface area contributed by atoms with Crippen LogP contribution in [0, 0.1) is 6.92 Å². The van der Waals surface area contributed by atoms with E-state index in [0.717, 1.165) is 18.7 Å². The Morgan fingerprint density at radius 2 is 1.83 bits per heavy atom. The van der Waals surface area contributed by atoms with Gasteiger partial charge in [0.25, 0.3) is 0 Å². The van der Waals surface area contributed by atoms with Crippen LogP contribution >= 0.6 is 0 Å². The van der Waals surface area contributed by atoms with E-state index in [4.69, 9.17) is 4.52 Å². The van der Waals surface area contributed by atoms with Crippen LogP contribution < -0.4 is 15.6 Å². The average molecular weight is 310 g/mol. The zero-order valence-corrected chi connectivity index (χ0v) is 13.1. The lowest BCUT2D eigenvalue weighted by Gasteiger charge is -2.01. The zero-order chi connectivity index (χ0) is 16.1. The van der Waals surface area contributed by atoms with Crippen LogP contribution in [-0.4, -0.2) is 11.8 Å². The second-order valence-corrected chi connectivity index (χ2v) is 5.51. The van der Waals surface area contributed by atoms with E-state index in [2.05, 4.69) is 22.7 Å². The number of hydrogen-bond acceptors (Lipinski definition) is 3. The number of aromatic amines is 1. The fraction of sp³-hybridized carbons (Fsp3) is 0.222. The molecule has 0 aliphatic carbocycles. The summed E-state index contributed by atoms with van der Waals surface area (Å²) in [6.45, 7) is 3.27. The van der Waals surface area contributed by atoms with E-state index in [1.54, 1.807) is 4.68 Å². The number of aryl methyl sites for hydroxylation is 1. The van der Waals surface area contributed by atoms with Gasteiger partial charge in [0.15, 0.2) is 0 Å². The number of rotatable bonds is 6. The molecule has 3 aromatic rings. The summed E-state index contributed by atoms with van der Waals surface area (Å²) in [5, 5.41) is 5.96. The van der Waals surface area contributed by atoms with Crippen LogP contribution in [0.3, 0.4) is 0 Å². The highest BCUT2D eigenvalue weighted by Crippen LogP contribution is 2.03. The molecular weight excluding hydrogens is 290 g/mol. The van der Waals surface area contributed by atoms with Crippen molar-refractivity contribution in [3.63, 3.8) is 0 Å². The molecule has 0 unspecified atom stereocenters. The van der Waals surface area contributed by atoms with Crippen molar-refractivity contribution in [1.82, 2.24) is 10.6 Å². The molecule has 0 aliphatic rings. The molecule has 23 heavy (non-hydrogen) atoms. The smallest absolute Gasteiger partial charge is 0.307 e. The van der Waals surface area contributed by atoms with Crippen LogP contribution in [0.2, 0.25) is 0 Å². The predicted molar refractivity (Wildman–Crippen MR) is 87.5 cm³/mol. The molecule has 2 aromatic carbocycles. The summed E-state index contributed by atoms with van der Waals surface area (Å²) < 4.78 is 6.62. The third kappa shape index (κ3) is 3.76. The molecule has 2 N–H and O–H groups in total. The molecule has 5 nitrogen and oxygen atoms in total. The number of aromatic nitrogens is 2. The zero-order valence-electron chi connectivity index (χ0n) is 13.1. The topological polar surface area (TPSA) is 61.9 Å². The first-order valence-electron chi connectivity index (χ1n) is 7.68. The van der Waals surface area contributed by atoms with Crippen molar-refractivity contribution >= 4 is 0 Å². The average Bonchev–Trinajstić information content (AvgIpc) is 2.94. The second-order valence-electron chi connectivity index (χ2n) is 5.51. The number of hydrogen-bond donors (Lipinski definition) is 2. The molecule has 1 heterocycles. The molecule has 118 valence electrons. The van der Waals surface area contributed by atoms with Crippen molar-refractivity contribution in [2.45, 2.75) is 19.9 Å². The van der Waals surface area contributed by atoms with E-state index in [1.807, 2.05) is 49.4 Å². The van der Waals surface area contributed by atoms with Crippen LogP contribution in [0.15, 0.2) is 63.9 Å². The number of nitrogens with one attached hydrogen (secondary N) is 2. The van der Waals surface area contributed by atoms with Crippen LogP contribution in [0.4, 0.5) is 0 Å². The number of benzene rings is 2. The van der Waals surface area contributed by atoms with E-state index >= 15 is 0 Å². The predicted octanol–water partition coefficient (Wildman–Crippen LogP) is 1.89. The van der Waals surface area contributed by atoms with Crippen molar-refractivity contribution in [3.8, 4) is 5.69 Å². The minimum atomic E-state index is -0.349. The fourth-order valence-electron chi connectivity index (χ4n) is 2.43. The van der Waals surface area contributed by atoms with E-state index in [1.165, 1.54) is 11.1 Å². The summed E-state index contributed by atoms with van der Waals surface area (Å²) in [6.07, 6.45) is 0.918. The van der Waals surface area contributed by atoms with Gasteiger partial charge >= 0.3 is 11.3 Å². The Hall–Kier alpha value is -2.66.